The van der Waals surface area contributed by atoms with E-state index in [1.54, 1.807) is 4.03 Å². The second-order valence-electron chi connectivity index (χ2n) is 2.44. The largest absolute Gasteiger partial charge is 0.226 e. The van der Waals surface area contributed by atoms with Crippen molar-refractivity contribution in [2.75, 3.05) is 0 Å². The highest BCUT2D eigenvalue weighted by Gasteiger charge is 2.07. The first kappa shape index (κ1) is 6.85. The summed E-state index contributed by atoms with van der Waals surface area (Å²) in [7, 11) is 0. The van der Waals surface area contributed by atoms with E-state index in [0.717, 1.165) is 6.54 Å². The van der Waals surface area contributed by atoms with Gasteiger partial charge < -0.3 is 0 Å². The topological polar surface area (TPSA) is 15.6 Å². The van der Waals surface area contributed by atoms with Gasteiger partial charge in [-0.3, -0.25) is 0 Å². The summed E-state index contributed by atoms with van der Waals surface area (Å²) in [5.74, 6) is 0. The van der Waals surface area contributed by atoms with Gasteiger partial charge in [0.05, 0.1) is 28.9 Å². The fraction of sp³-hybridized carbons (Fsp3) is 0.125. The summed E-state index contributed by atoms with van der Waals surface area (Å²) in [4.78, 5) is 0. The maximum atomic E-state index is 4.10. The molecular weight excluding hydrogens is 204 g/mol. The van der Waals surface area contributed by atoms with Crippen LogP contribution in [-0.2, 0) is 6.54 Å². The van der Waals surface area contributed by atoms with Crippen LogP contribution in [0, 0.1) is 0 Å². The molecule has 56 valence electrons. The molecule has 0 saturated carbocycles. The molecule has 2 nitrogen and oxygen atoms in total. The summed E-state index contributed by atoms with van der Waals surface area (Å²) < 4.78 is 1.75. The van der Waals surface area contributed by atoms with Crippen molar-refractivity contribution in [3.05, 3.63) is 35.4 Å². The molecule has 0 amide bonds. The van der Waals surface area contributed by atoms with Crippen LogP contribution in [0.4, 0.5) is 0 Å². The molecule has 0 N–H and O–H groups in total. The van der Waals surface area contributed by atoms with Gasteiger partial charge in [-0.2, -0.15) is 5.10 Å². The van der Waals surface area contributed by atoms with Crippen LogP contribution in [0.2, 0.25) is 0 Å². The Bertz CT molecular complexity index is 296. The van der Waals surface area contributed by atoms with Gasteiger partial charge in [-0.1, -0.05) is 24.3 Å². The zero-order valence-corrected chi connectivity index (χ0v) is 7.45. The van der Waals surface area contributed by atoms with Gasteiger partial charge in [-0.25, -0.2) is 4.03 Å². The predicted octanol–water partition coefficient (Wildman–Crippen LogP) is 2.15. The van der Waals surface area contributed by atoms with Crippen LogP contribution < -0.4 is 0 Å². The van der Waals surface area contributed by atoms with Crippen molar-refractivity contribution >= 4 is 22.4 Å². The standard InChI is InChI=1S/C8H7BrN2/c9-11-6-8-4-2-1-3-7(8)5-10-11/h1-5H,6H2. The maximum absolute atomic E-state index is 4.10. The molecule has 1 aromatic carbocycles. The van der Waals surface area contributed by atoms with E-state index in [1.807, 2.05) is 18.3 Å². The first-order chi connectivity index (χ1) is 5.36. The lowest BCUT2D eigenvalue weighted by Gasteiger charge is -2.16. The number of fused-ring (bicyclic) bond motifs is 1. The minimum Gasteiger partial charge on any atom is -0.226 e. The van der Waals surface area contributed by atoms with Crippen molar-refractivity contribution in [2.45, 2.75) is 6.54 Å². The zero-order chi connectivity index (χ0) is 7.68. The summed E-state index contributed by atoms with van der Waals surface area (Å²) in [6.45, 7) is 0.840. The van der Waals surface area contributed by atoms with Crippen molar-refractivity contribution in [3.8, 4) is 0 Å². The molecule has 11 heavy (non-hydrogen) atoms. The molecule has 1 aliphatic rings. The average Bonchev–Trinajstić information content (AvgIpc) is 2.04. The molecule has 1 aromatic rings. The summed E-state index contributed by atoms with van der Waals surface area (Å²) in [6, 6.07) is 8.24. The third kappa shape index (κ3) is 1.28. The third-order valence-electron chi connectivity index (χ3n) is 1.68. The van der Waals surface area contributed by atoms with E-state index in [2.05, 4.69) is 33.4 Å². The fourth-order valence-corrected chi connectivity index (χ4v) is 1.47. The molecule has 3 heteroatoms. The molecule has 0 spiro atoms. The Hall–Kier alpha value is -0.830. The van der Waals surface area contributed by atoms with E-state index < -0.39 is 0 Å². The summed E-state index contributed by atoms with van der Waals surface area (Å²) in [5.41, 5.74) is 2.52. The van der Waals surface area contributed by atoms with E-state index in [9.17, 15) is 0 Å². The minimum absolute atomic E-state index is 0.840. The quantitative estimate of drug-likeness (QED) is 0.600. The van der Waals surface area contributed by atoms with Gasteiger partial charge in [0, 0.05) is 0 Å². The molecule has 0 unspecified atom stereocenters. The van der Waals surface area contributed by atoms with Gasteiger partial charge >= 0.3 is 0 Å². The van der Waals surface area contributed by atoms with Crippen molar-refractivity contribution in [3.63, 3.8) is 0 Å². The Morgan fingerprint density at radius 1 is 1.36 bits per heavy atom. The summed E-state index contributed by atoms with van der Waals surface area (Å²) in [5, 5.41) is 4.10. The number of hydrogen-bond donors (Lipinski definition) is 0. The predicted molar refractivity (Wildman–Crippen MR) is 48.5 cm³/mol. The smallest absolute Gasteiger partial charge is 0.0740 e. The Kier molecular flexibility index (Phi) is 1.66. The molecule has 2 rings (SSSR count). The monoisotopic (exact) mass is 210 g/mol. The minimum atomic E-state index is 0.840. The molecule has 0 aromatic heterocycles. The van der Waals surface area contributed by atoms with Crippen LogP contribution in [0.25, 0.3) is 0 Å². The number of rotatable bonds is 0. The Labute approximate surface area is 73.9 Å². The molecule has 1 aliphatic heterocycles. The molecule has 0 radical (unpaired) electrons. The highest BCUT2D eigenvalue weighted by atomic mass is 79.9. The van der Waals surface area contributed by atoms with Crippen LogP contribution in [0.3, 0.4) is 0 Å². The van der Waals surface area contributed by atoms with E-state index >= 15 is 0 Å². The first-order valence-electron chi connectivity index (χ1n) is 3.41. The zero-order valence-electron chi connectivity index (χ0n) is 5.87. The lowest BCUT2D eigenvalue weighted by Crippen LogP contribution is -2.11. The molecule has 0 saturated heterocycles. The lowest BCUT2D eigenvalue weighted by molar-refractivity contribution is 0.512. The normalized spacial score (nSPS) is 14.8. The number of hydrogen-bond acceptors (Lipinski definition) is 2. The van der Waals surface area contributed by atoms with Gasteiger partial charge in [0.15, 0.2) is 0 Å². The van der Waals surface area contributed by atoms with E-state index in [1.165, 1.54) is 11.1 Å². The van der Waals surface area contributed by atoms with Gasteiger partial charge in [-0.15, -0.1) is 0 Å². The number of hydrazone groups is 1. The molecule has 1 heterocycles. The van der Waals surface area contributed by atoms with Crippen LogP contribution in [0.5, 0.6) is 0 Å². The first-order valence-corrected chi connectivity index (χ1v) is 4.12. The summed E-state index contributed by atoms with van der Waals surface area (Å²) in [6.07, 6.45) is 1.85. The summed E-state index contributed by atoms with van der Waals surface area (Å²) >= 11 is 3.29. The molecule has 0 atom stereocenters. The van der Waals surface area contributed by atoms with E-state index in [4.69, 9.17) is 0 Å². The number of nitrogens with zero attached hydrogens (tertiary/aromatic N) is 2. The average molecular weight is 211 g/mol. The van der Waals surface area contributed by atoms with Crippen LogP contribution in [-0.4, -0.2) is 10.2 Å². The third-order valence-corrected chi connectivity index (χ3v) is 2.11. The number of halogens is 1. The molecule has 0 aliphatic carbocycles. The molecule has 0 fully saturated rings. The second-order valence-corrected chi connectivity index (χ2v) is 3.26. The highest BCUT2D eigenvalue weighted by Crippen LogP contribution is 2.16. The van der Waals surface area contributed by atoms with Crippen LogP contribution >= 0.6 is 16.1 Å². The van der Waals surface area contributed by atoms with Crippen molar-refractivity contribution in [1.29, 1.82) is 0 Å². The van der Waals surface area contributed by atoms with E-state index in [-0.39, 0.29) is 0 Å². The van der Waals surface area contributed by atoms with Gasteiger partial charge in [0.1, 0.15) is 0 Å². The Morgan fingerprint density at radius 3 is 3.09 bits per heavy atom. The van der Waals surface area contributed by atoms with Crippen LogP contribution in [0.1, 0.15) is 11.1 Å². The Morgan fingerprint density at radius 2 is 2.18 bits per heavy atom. The van der Waals surface area contributed by atoms with Crippen LogP contribution in [0.15, 0.2) is 29.4 Å². The van der Waals surface area contributed by atoms with Crippen molar-refractivity contribution < 1.29 is 0 Å². The van der Waals surface area contributed by atoms with Crippen molar-refractivity contribution in [1.82, 2.24) is 4.03 Å². The number of benzene rings is 1. The van der Waals surface area contributed by atoms with Gasteiger partial charge in [0.25, 0.3) is 0 Å². The van der Waals surface area contributed by atoms with Crippen molar-refractivity contribution in [2.24, 2.45) is 5.10 Å². The maximum Gasteiger partial charge on any atom is 0.0740 e. The Balaban J connectivity index is 2.46. The molecular formula is C8H7BrN2. The molecule has 0 bridgehead atoms. The van der Waals surface area contributed by atoms with Gasteiger partial charge in [-0.05, 0) is 11.1 Å². The SMILES string of the molecule is BrN1Cc2ccccc2C=N1. The van der Waals surface area contributed by atoms with E-state index in [0.29, 0.717) is 0 Å². The fourth-order valence-electron chi connectivity index (χ4n) is 1.11. The highest BCUT2D eigenvalue weighted by molar-refractivity contribution is 9.07. The second kappa shape index (κ2) is 2.66. The lowest BCUT2D eigenvalue weighted by atomic mass is 10.1. The van der Waals surface area contributed by atoms with Gasteiger partial charge in [0.2, 0.25) is 0 Å².